The molecule has 0 aromatic rings. The number of amides is 3. The molecule has 13 heteroatoms. The van der Waals surface area contributed by atoms with Crippen LogP contribution in [0, 0.1) is 11.8 Å². The van der Waals surface area contributed by atoms with Crippen LogP contribution in [0.5, 0.6) is 0 Å². The van der Waals surface area contributed by atoms with E-state index in [-0.39, 0.29) is 37.1 Å². The molecule has 4 aliphatic rings. The first-order chi connectivity index (χ1) is 15.3. The van der Waals surface area contributed by atoms with E-state index in [0.717, 1.165) is 19.1 Å². The zero-order valence-corrected chi connectivity index (χ0v) is 21.1. The van der Waals surface area contributed by atoms with Crippen molar-refractivity contribution in [1.29, 1.82) is 0 Å². The van der Waals surface area contributed by atoms with Gasteiger partial charge in [0.25, 0.3) is 0 Å². The Morgan fingerprint density at radius 3 is 2.42 bits per heavy atom. The summed E-state index contributed by atoms with van der Waals surface area (Å²) in [7, 11) is -5.03. The van der Waals surface area contributed by atoms with Crippen LogP contribution < -0.4 is 10.1 Å². The largest absolute Gasteiger partial charge is 0.327 e. The number of urea groups is 1. The number of sulfonamides is 1. The van der Waals surface area contributed by atoms with Crippen LogP contribution in [0.1, 0.15) is 39.0 Å². The van der Waals surface area contributed by atoms with Gasteiger partial charge in [0, 0.05) is 57.0 Å². The van der Waals surface area contributed by atoms with Crippen LogP contribution >= 0.6 is 0 Å². The monoisotopic (exact) mass is 505 g/mol. The van der Waals surface area contributed by atoms with Gasteiger partial charge < -0.3 is 4.90 Å². The molecule has 0 spiro atoms. The third-order valence-corrected chi connectivity index (χ3v) is 10.4. The van der Waals surface area contributed by atoms with E-state index in [0.29, 0.717) is 25.9 Å². The van der Waals surface area contributed by atoms with Crippen molar-refractivity contribution in [2.45, 2.75) is 55.9 Å². The summed E-state index contributed by atoms with van der Waals surface area (Å²) in [6.45, 7) is 3.40. The smallest absolute Gasteiger partial charge is 0.319 e. The van der Waals surface area contributed by atoms with Gasteiger partial charge in [0.05, 0.1) is 16.9 Å². The average molecular weight is 506 g/mol. The van der Waals surface area contributed by atoms with E-state index >= 15 is 0 Å². The minimum absolute atomic E-state index is 0.000823. The van der Waals surface area contributed by atoms with Gasteiger partial charge in [-0.3, -0.25) is 15.1 Å². The van der Waals surface area contributed by atoms with Gasteiger partial charge in [0.15, 0.2) is 0 Å². The van der Waals surface area contributed by atoms with Crippen molar-refractivity contribution in [2.24, 2.45) is 11.8 Å². The summed E-state index contributed by atoms with van der Waals surface area (Å²) in [5, 5.41) is 1.20. The van der Waals surface area contributed by atoms with Crippen molar-refractivity contribution in [3.63, 3.8) is 0 Å². The normalized spacial score (nSPS) is 32.8. The number of hydrazine groups is 1. The summed E-state index contributed by atoms with van der Waals surface area (Å²) >= 11 is 0. The third-order valence-electron chi connectivity index (χ3n) is 7.38. The number of imide groups is 1. The van der Waals surface area contributed by atoms with Gasteiger partial charge in [-0.1, -0.05) is 0 Å². The third kappa shape index (κ3) is 5.53. The van der Waals surface area contributed by atoms with Gasteiger partial charge in [0.2, 0.25) is 15.9 Å². The maximum Gasteiger partial charge on any atom is 0.327 e. The maximum absolute atomic E-state index is 13.5. The summed E-state index contributed by atoms with van der Waals surface area (Å²) in [5.41, 5.74) is 2.77. The first kappa shape index (κ1) is 24.8. The summed E-state index contributed by atoms with van der Waals surface area (Å²) in [6.07, 6.45) is 3.55. The molecule has 33 heavy (non-hydrogen) atoms. The number of carbonyl (C=O) groups excluding carboxylic acids is 2. The fraction of sp³-hybridized carbons (Fsp3) is 0.900. The van der Waals surface area contributed by atoms with E-state index in [2.05, 4.69) is 10.1 Å². The van der Waals surface area contributed by atoms with Gasteiger partial charge >= 0.3 is 6.03 Å². The lowest BCUT2D eigenvalue weighted by Gasteiger charge is -2.48. The molecule has 0 radical (unpaired) electrons. The summed E-state index contributed by atoms with van der Waals surface area (Å²) in [6, 6.07) is -0.945. The van der Waals surface area contributed by atoms with Crippen LogP contribution in [-0.4, -0.2) is 106 Å². The van der Waals surface area contributed by atoms with Gasteiger partial charge in [-0.05, 0) is 39.0 Å². The van der Waals surface area contributed by atoms with Crippen molar-refractivity contribution >= 4 is 31.8 Å². The molecule has 4 rings (SSSR count). The Hall–Kier alpha value is -1.28. The van der Waals surface area contributed by atoms with Gasteiger partial charge in [-0.2, -0.15) is 0 Å². The molecule has 2 saturated heterocycles. The molecule has 4 atom stereocenters. The van der Waals surface area contributed by atoms with Gasteiger partial charge in [-0.15, -0.1) is 0 Å². The summed E-state index contributed by atoms with van der Waals surface area (Å²) in [5.74, 6) is -1.14. The van der Waals surface area contributed by atoms with Crippen molar-refractivity contribution < 1.29 is 26.4 Å². The van der Waals surface area contributed by atoms with E-state index in [1.54, 1.807) is 0 Å². The van der Waals surface area contributed by atoms with Crippen LogP contribution in [-0.2, 0) is 24.7 Å². The van der Waals surface area contributed by atoms with Crippen LogP contribution in [0.3, 0.4) is 0 Å². The highest BCUT2D eigenvalue weighted by Crippen LogP contribution is 2.40. The van der Waals surface area contributed by atoms with E-state index in [9.17, 15) is 26.4 Å². The highest BCUT2D eigenvalue weighted by Gasteiger charge is 2.52. The SMILES string of the molecule is CN1CC(CN2C(=O)C3CC(S(=O)(=O)NC4(C)CC4)CCC3N(CCS(C)(=O)=O)C2=O)CN1. The molecule has 0 aromatic carbocycles. The van der Waals surface area contributed by atoms with Crippen molar-refractivity contribution in [3.8, 4) is 0 Å². The van der Waals surface area contributed by atoms with Crippen LogP contribution in [0.2, 0.25) is 0 Å². The molecule has 4 unspecified atom stereocenters. The van der Waals surface area contributed by atoms with Crippen molar-refractivity contribution in [2.75, 3.05) is 45.2 Å². The fourth-order valence-corrected chi connectivity index (χ4v) is 7.71. The minimum atomic E-state index is -3.60. The predicted molar refractivity (Wildman–Crippen MR) is 122 cm³/mol. The van der Waals surface area contributed by atoms with Crippen LogP contribution in [0.15, 0.2) is 0 Å². The number of rotatable bonds is 8. The number of hydrogen-bond donors (Lipinski definition) is 2. The summed E-state index contributed by atoms with van der Waals surface area (Å²) in [4.78, 5) is 29.5. The Bertz CT molecular complexity index is 1010. The zero-order chi connectivity index (χ0) is 24.2. The number of hydrogen-bond acceptors (Lipinski definition) is 8. The lowest BCUT2D eigenvalue weighted by molar-refractivity contribution is -0.140. The standard InChI is InChI=1S/C20H35N5O6S2/c1-20(6-7-20)22-33(30,31)15-4-5-17-16(10-15)18(26)25(13-14-11-21-23(2)12-14)19(27)24(17)8-9-32(3,28)29/h14-17,21-22H,4-13H2,1-3H3. The molecule has 2 aliphatic carbocycles. The second-order valence-electron chi connectivity index (χ2n) is 10.5. The number of nitrogens with one attached hydrogen (secondary N) is 2. The molecule has 4 fully saturated rings. The number of carbonyl (C=O) groups is 2. The van der Waals surface area contributed by atoms with Crippen molar-refractivity contribution in [3.05, 3.63) is 0 Å². The van der Waals surface area contributed by atoms with Gasteiger partial charge in [-0.25, -0.2) is 31.4 Å². The Kier molecular flexibility index (Phi) is 6.58. The van der Waals surface area contributed by atoms with Crippen LogP contribution in [0.25, 0.3) is 0 Å². The Balaban J connectivity index is 1.55. The molecule has 2 heterocycles. The van der Waals surface area contributed by atoms with E-state index in [1.165, 1.54) is 9.80 Å². The second-order valence-corrected chi connectivity index (χ2v) is 14.7. The first-order valence-electron chi connectivity index (χ1n) is 11.6. The number of nitrogens with zero attached hydrogens (tertiary/aromatic N) is 3. The quantitative estimate of drug-likeness (QED) is 0.445. The molecule has 0 bridgehead atoms. The molecule has 11 nitrogen and oxygen atoms in total. The predicted octanol–water partition coefficient (Wildman–Crippen LogP) is -0.629. The molecule has 2 N–H and O–H groups in total. The lowest BCUT2D eigenvalue weighted by atomic mass is 9.80. The molecule has 2 aliphatic heterocycles. The zero-order valence-electron chi connectivity index (χ0n) is 19.5. The number of fused-ring (bicyclic) bond motifs is 1. The Labute approximate surface area is 196 Å². The molecular weight excluding hydrogens is 470 g/mol. The molecule has 3 amide bonds. The van der Waals surface area contributed by atoms with Gasteiger partial charge in [0.1, 0.15) is 9.84 Å². The minimum Gasteiger partial charge on any atom is -0.319 e. The molecule has 2 saturated carbocycles. The van der Waals surface area contributed by atoms with Crippen molar-refractivity contribution in [1.82, 2.24) is 25.0 Å². The topological polar surface area (TPSA) is 136 Å². The highest BCUT2D eigenvalue weighted by molar-refractivity contribution is 7.90. The Morgan fingerprint density at radius 2 is 1.85 bits per heavy atom. The lowest BCUT2D eigenvalue weighted by Crippen LogP contribution is -2.65. The second kappa shape index (κ2) is 8.74. The first-order valence-corrected chi connectivity index (χ1v) is 15.2. The van der Waals surface area contributed by atoms with Crippen LogP contribution in [0.4, 0.5) is 4.79 Å². The molecule has 0 aromatic heterocycles. The molecule has 188 valence electrons. The summed E-state index contributed by atoms with van der Waals surface area (Å²) < 4.78 is 52.4. The maximum atomic E-state index is 13.5. The van der Waals surface area contributed by atoms with E-state index in [1.807, 2.05) is 19.0 Å². The average Bonchev–Trinajstić information content (AvgIpc) is 3.27. The van der Waals surface area contributed by atoms with E-state index < -0.39 is 48.6 Å². The Morgan fingerprint density at radius 1 is 1.15 bits per heavy atom. The fourth-order valence-electron chi connectivity index (χ4n) is 5.22. The highest BCUT2D eigenvalue weighted by atomic mass is 32.2. The number of sulfone groups is 1. The molecular formula is C20H35N5O6S2. The van der Waals surface area contributed by atoms with E-state index in [4.69, 9.17) is 0 Å².